The monoisotopic (exact) mass is 1280 g/mol. The average Bonchev–Trinajstić information content (AvgIpc) is 1.28. The maximum Gasteiger partial charge on any atom is 0.265 e. The molecule has 3 aromatic heterocycles. The summed E-state index contributed by atoms with van der Waals surface area (Å²) >= 11 is 0. The van der Waals surface area contributed by atoms with E-state index in [4.69, 9.17) is 14.2 Å². The van der Waals surface area contributed by atoms with Crippen LogP contribution in [0.25, 0.3) is 16.7 Å². The summed E-state index contributed by atoms with van der Waals surface area (Å²) in [6.07, 6.45) is 47.0. The average molecular weight is 1280 g/mol. The molecule has 504 valence electrons. The predicted molar refractivity (Wildman–Crippen MR) is 376 cm³/mol. The molecule has 0 bridgehead atoms. The number of hydrogen-bond donors (Lipinski definition) is 0. The molecule has 0 amide bonds. The fourth-order valence-corrected chi connectivity index (χ4v) is 23.4. The van der Waals surface area contributed by atoms with Gasteiger partial charge in [-0.2, -0.15) is 0 Å². The van der Waals surface area contributed by atoms with E-state index in [1.54, 1.807) is 57.3 Å². The van der Waals surface area contributed by atoms with Gasteiger partial charge in [0.1, 0.15) is 5.82 Å². The van der Waals surface area contributed by atoms with Crippen LogP contribution in [0.2, 0.25) is 0 Å². The van der Waals surface area contributed by atoms with E-state index in [2.05, 4.69) is 153 Å². The van der Waals surface area contributed by atoms with Gasteiger partial charge in [0.15, 0.2) is 0 Å². The maximum absolute atomic E-state index is 13.9. The van der Waals surface area contributed by atoms with Gasteiger partial charge in [-0.3, -0.25) is 15.0 Å². The number of aromatic nitrogens is 3. The zero-order valence-electron chi connectivity index (χ0n) is 59.2. The highest BCUT2D eigenvalue weighted by atomic mass is 19.3. The third kappa shape index (κ3) is 11.2. The van der Waals surface area contributed by atoms with Crippen molar-refractivity contribution in [3.05, 3.63) is 177 Å². The molecule has 3 fully saturated rings. The van der Waals surface area contributed by atoms with Crippen molar-refractivity contribution in [1.29, 1.82) is 0 Å². The zero-order valence-corrected chi connectivity index (χ0v) is 59.2. The SMILES string of the molecule is CCOC1=CC2=C(CC)C[C@@H]3[C@H](CC[C@]4(C)C(c5cccnc5)=CC[C@@H]34)[C@@]2(C)CC1.CCOC1=CC2=C(CC)C[C@@H]3[C@H](CC[C@]4(C)C(c5cncc(C(F)F)c5)=CC[C@@H]34)[C@@]2(C)CC1.CCOC1=CC2=C(CC)C[C@@H]3[C@H](CC[C@]4(C)C(c5cncc(F)c5)=CC[C@@H]34)[C@@]2(C)CC1. The van der Waals surface area contributed by atoms with Crippen LogP contribution in [0.4, 0.5) is 13.2 Å². The quantitative estimate of drug-likeness (QED) is 0.170. The summed E-state index contributed by atoms with van der Waals surface area (Å²) in [5, 5.41) is 0. The van der Waals surface area contributed by atoms with Gasteiger partial charge in [0.2, 0.25) is 0 Å². The first-order valence-corrected chi connectivity index (χ1v) is 37.3. The maximum atomic E-state index is 13.9. The van der Waals surface area contributed by atoms with Crippen molar-refractivity contribution in [2.45, 2.75) is 224 Å². The van der Waals surface area contributed by atoms with Gasteiger partial charge in [-0.1, -0.05) is 103 Å². The van der Waals surface area contributed by atoms with Crippen molar-refractivity contribution in [1.82, 2.24) is 15.0 Å². The van der Waals surface area contributed by atoms with Crippen molar-refractivity contribution in [2.24, 2.45) is 85.8 Å². The number of halogens is 3. The lowest BCUT2D eigenvalue weighted by molar-refractivity contribution is -0.00853. The number of rotatable bonds is 13. The van der Waals surface area contributed by atoms with Crippen LogP contribution in [0, 0.1) is 91.6 Å². The lowest BCUT2D eigenvalue weighted by Crippen LogP contribution is -2.49. The van der Waals surface area contributed by atoms with Crippen LogP contribution in [0.1, 0.15) is 247 Å². The van der Waals surface area contributed by atoms with Gasteiger partial charge in [0, 0.05) is 55.8 Å². The molecule has 15 atom stereocenters. The van der Waals surface area contributed by atoms with Crippen molar-refractivity contribution in [3.8, 4) is 0 Å². The van der Waals surface area contributed by atoms with Gasteiger partial charge in [-0.15, -0.1) is 0 Å². The number of hydrogen-bond acceptors (Lipinski definition) is 6. The number of fused-ring (bicyclic) bond motifs is 15. The molecule has 0 radical (unpaired) electrons. The Morgan fingerprint density at radius 3 is 1.17 bits per heavy atom. The molecule has 12 aliphatic carbocycles. The summed E-state index contributed by atoms with van der Waals surface area (Å²) < 4.78 is 58.5. The lowest BCUT2D eigenvalue weighted by Gasteiger charge is -2.58. The first-order valence-electron chi connectivity index (χ1n) is 37.3. The number of nitrogens with zero attached hydrogens (tertiary/aromatic N) is 3. The smallest absolute Gasteiger partial charge is 0.265 e. The van der Waals surface area contributed by atoms with Crippen LogP contribution in [0.3, 0.4) is 0 Å². The normalized spacial score (nSPS) is 36.7. The standard InChI is InChI=1S/C29H37F2NO.C28H36FNO.C28H37NO/c1-5-18-14-22-24-8-7-23(19-13-20(27(30)31)17-32-16-19)28(24,3)12-10-25(22)29(4)11-9-21(33-6-2)15-26(18)29;1-5-18-14-22-24-8-7-23(19-13-20(29)17-30-16-19)27(24,3)12-10-25(22)28(4)11-9-21(31-6-2)15-26(18)28;1-5-19-16-22-24-10-9-23(20-8-7-15-29-18-20)27(24,3)14-12-25(22)28(4)13-11-21(30-6-2)17-26(19)28/h7,13,15-17,22,24-25,27H,5-6,8-12,14H2,1-4H3;7,13,15-17,22,24-25H,5-6,8-12,14H2,1-4H3;7-9,15,17-18,22,24-25H,5-6,10-14,16H2,1-4H3/t22-,24-,25-,28+,29+;2*22-,24-,25-,27+,28+/m000/s1. The molecular formula is C85H110F3N3O3. The highest BCUT2D eigenvalue weighted by Crippen LogP contribution is 2.71. The fourth-order valence-electron chi connectivity index (χ4n) is 23.4. The second-order valence-electron chi connectivity index (χ2n) is 32.1. The minimum Gasteiger partial charge on any atom is -0.498 e. The van der Waals surface area contributed by atoms with Gasteiger partial charge in [-0.05, 0) is 309 Å². The van der Waals surface area contributed by atoms with Gasteiger partial charge >= 0.3 is 0 Å². The van der Waals surface area contributed by atoms with E-state index < -0.39 is 6.43 Å². The summed E-state index contributed by atoms with van der Waals surface area (Å²) in [5.74, 6) is 9.68. The number of allylic oxidation sites excluding steroid dienone is 18. The summed E-state index contributed by atoms with van der Waals surface area (Å²) in [4.78, 5) is 12.7. The molecule has 6 nitrogen and oxygen atoms in total. The third-order valence-corrected chi connectivity index (χ3v) is 28.1. The highest BCUT2D eigenvalue weighted by molar-refractivity contribution is 5.75. The van der Waals surface area contributed by atoms with E-state index in [1.165, 1.54) is 124 Å². The Balaban J connectivity index is 0.000000128. The Morgan fingerprint density at radius 2 is 0.819 bits per heavy atom. The van der Waals surface area contributed by atoms with Crippen LogP contribution >= 0.6 is 0 Å². The van der Waals surface area contributed by atoms with E-state index >= 15 is 0 Å². The van der Waals surface area contributed by atoms with E-state index in [0.29, 0.717) is 40.4 Å². The molecule has 9 heteroatoms. The van der Waals surface area contributed by atoms with Crippen LogP contribution in [-0.2, 0) is 14.2 Å². The summed E-state index contributed by atoms with van der Waals surface area (Å²) in [5.41, 5.74) is 18.4. The van der Waals surface area contributed by atoms with Crippen LogP contribution in [-0.4, -0.2) is 34.8 Å². The summed E-state index contributed by atoms with van der Waals surface area (Å²) in [6, 6.07) is 7.70. The Labute approximate surface area is 562 Å². The zero-order chi connectivity index (χ0) is 66.1. The fraction of sp³-hybridized carbons (Fsp3) is 0.612. The Bertz CT molecular complexity index is 3660. The Hall–Kier alpha value is -5.70. The van der Waals surface area contributed by atoms with Crippen molar-refractivity contribution in [2.75, 3.05) is 19.8 Å². The van der Waals surface area contributed by atoms with Gasteiger partial charge in [0.25, 0.3) is 6.43 Å². The largest absolute Gasteiger partial charge is 0.498 e. The predicted octanol–water partition coefficient (Wildman–Crippen LogP) is 23.1. The van der Waals surface area contributed by atoms with Crippen molar-refractivity contribution in [3.63, 3.8) is 0 Å². The summed E-state index contributed by atoms with van der Waals surface area (Å²) in [6.45, 7) is 30.5. The topological polar surface area (TPSA) is 66.4 Å². The molecule has 0 unspecified atom stereocenters. The van der Waals surface area contributed by atoms with Crippen LogP contribution in [0.5, 0.6) is 0 Å². The second-order valence-corrected chi connectivity index (χ2v) is 32.1. The Kier molecular flexibility index (Phi) is 18.7. The molecule has 3 heterocycles. The molecule has 0 saturated heterocycles. The molecule has 0 aromatic carbocycles. The van der Waals surface area contributed by atoms with Crippen LogP contribution < -0.4 is 0 Å². The first kappa shape index (κ1) is 66.9. The van der Waals surface area contributed by atoms with E-state index in [9.17, 15) is 13.2 Å². The number of alkyl halides is 2. The third-order valence-electron chi connectivity index (χ3n) is 28.1. The molecule has 3 saturated carbocycles. The molecule has 0 N–H and O–H groups in total. The molecule has 94 heavy (non-hydrogen) atoms. The second kappa shape index (κ2) is 26.3. The van der Waals surface area contributed by atoms with E-state index in [1.807, 2.05) is 12.4 Å². The molecule has 0 spiro atoms. The first-order chi connectivity index (χ1) is 45.2. The molecule has 3 aromatic rings. The minimum atomic E-state index is -2.48. The Morgan fingerprint density at radius 1 is 0.447 bits per heavy atom. The highest BCUT2D eigenvalue weighted by Gasteiger charge is 2.61. The minimum absolute atomic E-state index is 0.0271. The molecular weight excluding hydrogens is 1170 g/mol. The number of ether oxygens (including phenoxy) is 3. The number of pyridine rings is 3. The van der Waals surface area contributed by atoms with E-state index in [-0.39, 0.29) is 33.0 Å². The van der Waals surface area contributed by atoms with Crippen molar-refractivity contribution < 1.29 is 27.4 Å². The van der Waals surface area contributed by atoms with E-state index in [0.717, 1.165) is 112 Å². The van der Waals surface area contributed by atoms with Crippen molar-refractivity contribution >= 4 is 16.7 Å². The lowest BCUT2D eigenvalue weighted by atomic mass is 9.46. The van der Waals surface area contributed by atoms with Gasteiger partial charge in [0.05, 0.1) is 43.3 Å². The van der Waals surface area contributed by atoms with Crippen LogP contribution in [0.15, 0.2) is 149 Å². The molecule has 0 aliphatic heterocycles. The summed E-state index contributed by atoms with van der Waals surface area (Å²) in [7, 11) is 0. The molecule has 15 rings (SSSR count). The van der Waals surface area contributed by atoms with Gasteiger partial charge in [-0.25, -0.2) is 13.2 Å². The molecule has 12 aliphatic rings. The van der Waals surface area contributed by atoms with Gasteiger partial charge < -0.3 is 14.2 Å².